The van der Waals surface area contributed by atoms with Gasteiger partial charge in [-0.2, -0.15) is 0 Å². The standard InChI is InChI=1S/C19H33N3O2.ClH/c1-14(2)12-22(18(24)21-19(3,4)5)13-17(23)16(20)11-15-9-7-6-8-10-15;/h6-10,14,16-17,23H,11-13,20H2,1-5H3,(H,21,24);1H. The second-order valence-corrected chi connectivity index (χ2v) is 7.90. The van der Waals surface area contributed by atoms with Crippen molar-refractivity contribution in [2.45, 2.75) is 58.7 Å². The van der Waals surface area contributed by atoms with Crippen molar-refractivity contribution in [2.24, 2.45) is 11.7 Å². The number of nitrogens with two attached hydrogens (primary N) is 1. The van der Waals surface area contributed by atoms with Gasteiger partial charge in [-0.05, 0) is 38.7 Å². The second kappa shape index (κ2) is 10.6. The Hall–Kier alpha value is -1.30. The fourth-order valence-electron chi connectivity index (χ4n) is 2.46. The molecule has 0 bridgehead atoms. The first-order valence-corrected chi connectivity index (χ1v) is 8.63. The molecule has 1 rings (SSSR count). The molecule has 0 aliphatic heterocycles. The lowest BCUT2D eigenvalue weighted by Crippen LogP contribution is -2.53. The molecule has 0 spiro atoms. The average molecular weight is 372 g/mol. The molecule has 25 heavy (non-hydrogen) atoms. The van der Waals surface area contributed by atoms with E-state index in [2.05, 4.69) is 5.32 Å². The van der Waals surface area contributed by atoms with Crippen molar-refractivity contribution in [3.63, 3.8) is 0 Å². The van der Waals surface area contributed by atoms with E-state index in [-0.39, 0.29) is 30.5 Å². The van der Waals surface area contributed by atoms with Gasteiger partial charge in [-0.25, -0.2) is 4.79 Å². The van der Waals surface area contributed by atoms with E-state index in [0.717, 1.165) is 5.56 Å². The minimum Gasteiger partial charge on any atom is -0.390 e. The van der Waals surface area contributed by atoms with E-state index in [1.165, 1.54) is 0 Å². The molecule has 0 saturated heterocycles. The van der Waals surface area contributed by atoms with Crippen molar-refractivity contribution in [3.8, 4) is 0 Å². The lowest BCUT2D eigenvalue weighted by atomic mass is 10.0. The molecule has 1 aromatic carbocycles. The SMILES string of the molecule is CC(C)CN(CC(O)C(N)Cc1ccccc1)C(=O)NC(C)(C)C.Cl. The van der Waals surface area contributed by atoms with Crippen LogP contribution in [0.3, 0.4) is 0 Å². The van der Waals surface area contributed by atoms with Gasteiger partial charge in [0.25, 0.3) is 0 Å². The third-order valence-electron chi connectivity index (χ3n) is 3.57. The molecule has 144 valence electrons. The van der Waals surface area contributed by atoms with E-state index in [9.17, 15) is 9.90 Å². The summed E-state index contributed by atoms with van der Waals surface area (Å²) in [6.07, 6.45) is -0.187. The Morgan fingerprint density at radius 3 is 2.24 bits per heavy atom. The maximum atomic E-state index is 12.5. The number of nitrogens with zero attached hydrogens (tertiary/aromatic N) is 1. The highest BCUT2D eigenvalue weighted by Gasteiger charge is 2.25. The zero-order valence-corrected chi connectivity index (χ0v) is 16.8. The molecular weight excluding hydrogens is 338 g/mol. The van der Waals surface area contributed by atoms with Crippen LogP contribution in [0.1, 0.15) is 40.2 Å². The summed E-state index contributed by atoms with van der Waals surface area (Å²) < 4.78 is 0. The fraction of sp³-hybridized carbons (Fsp3) is 0.632. The minimum atomic E-state index is -0.769. The molecule has 2 unspecified atom stereocenters. The predicted molar refractivity (Wildman–Crippen MR) is 106 cm³/mol. The molecule has 0 aliphatic carbocycles. The van der Waals surface area contributed by atoms with E-state index in [4.69, 9.17) is 5.73 Å². The van der Waals surface area contributed by atoms with Gasteiger partial charge in [-0.1, -0.05) is 44.2 Å². The minimum absolute atomic E-state index is 0. The van der Waals surface area contributed by atoms with Crippen LogP contribution in [0.25, 0.3) is 0 Å². The van der Waals surface area contributed by atoms with E-state index in [0.29, 0.717) is 18.9 Å². The van der Waals surface area contributed by atoms with E-state index >= 15 is 0 Å². The molecule has 0 radical (unpaired) electrons. The number of amides is 2. The summed E-state index contributed by atoms with van der Waals surface area (Å²) in [7, 11) is 0. The number of nitrogens with one attached hydrogen (secondary N) is 1. The lowest BCUT2D eigenvalue weighted by Gasteiger charge is -2.32. The third kappa shape index (κ3) is 9.68. The van der Waals surface area contributed by atoms with Crippen molar-refractivity contribution in [2.75, 3.05) is 13.1 Å². The normalized spacial score (nSPS) is 13.8. The number of hydrogen-bond acceptors (Lipinski definition) is 3. The number of urea groups is 1. The van der Waals surface area contributed by atoms with Gasteiger partial charge in [0.05, 0.1) is 6.10 Å². The van der Waals surface area contributed by atoms with Crippen molar-refractivity contribution >= 4 is 18.4 Å². The Balaban J connectivity index is 0.00000576. The summed E-state index contributed by atoms with van der Waals surface area (Å²) in [5.41, 5.74) is 6.91. The Labute approximate surface area is 158 Å². The van der Waals surface area contributed by atoms with Gasteiger partial charge in [0, 0.05) is 24.7 Å². The van der Waals surface area contributed by atoms with Gasteiger partial charge in [-0.3, -0.25) is 0 Å². The summed E-state index contributed by atoms with van der Waals surface area (Å²) >= 11 is 0. The molecule has 4 N–H and O–H groups in total. The summed E-state index contributed by atoms with van der Waals surface area (Å²) in [6.45, 7) is 10.7. The molecular formula is C19H34ClN3O2. The van der Waals surface area contributed by atoms with Crippen LogP contribution < -0.4 is 11.1 Å². The van der Waals surface area contributed by atoms with Gasteiger partial charge in [-0.15, -0.1) is 12.4 Å². The van der Waals surface area contributed by atoms with Crippen LogP contribution in [0.2, 0.25) is 0 Å². The largest absolute Gasteiger partial charge is 0.390 e. The van der Waals surface area contributed by atoms with Crippen LogP contribution in [0, 0.1) is 5.92 Å². The molecule has 0 fully saturated rings. The first kappa shape index (κ1) is 23.7. The number of halogens is 1. The molecule has 2 atom stereocenters. The summed E-state index contributed by atoms with van der Waals surface area (Å²) in [6, 6.07) is 9.26. The topological polar surface area (TPSA) is 78.6 Å². The highest BCUT2D eigenvalue weighted by atomic mass is 35.5. The molecule has 5 nitrogen and oxygen atoms in total. The van der Waals surface area contributed by atoms with Crippen LogP contribution in [0.4, 0.5) is 4.79 Å². The van der Waals surface area contributed by atoms with Gasteiger partial charge in [0.15, 0.2) is 0 Å². The highest BCUT2D eigenvalue weighted by molar-refractivity contribution is 5.85. The maximum Gasteiger partial charge on any atom is 0.317 e. The molecule has 1 aromatic rings. The van der Waals surface area contributed by atoms with Gasteiger partial charge < -0.3 is 21.1 Å². The number of hydrogen-bond donors (Lipinski definition) is 3. The number of carbonyl (C=O) groups is 1. The van der Waals surface area contributed by atoms with E-state index < -0.39 is 12.1 Å². The first-order chi connectivity index (χ1) is 11.1. The average Bonchev–Trinajstić information content (AvgIpc) is 2.45. The second-order valence-electron chi connectivity index (χ2n) is 7.90. The van der Waals surface area contributed by atoms with Crippen molar-refractivity contribution < 1.29 is 9.90 Å². The molecule has 2 amide bonds. The monoisotopic (exact) mass is 371 g/mol. The molecule has 0 heterocycles. The Bertz CT molecular complexity index is 503. The molecule has 0 aliphatic rings. The molecule has 6 heteroatoms. The number of carbonyl (C=O) groups excluding carboxylic acids is 1. The summed E-state index contributed by atoms with van der Waals surface area (Å²) in [5.74, 6) is 0.313. The van der Waals surface area contributed by atoms with Crippen molar-refractivity contribution in [3.05, 3.63) is 35.9 Å². The summed E-state index contributed by atoms with van der Waals surface area (Å²) in [4.78, 5) is 14.1. The van der Waals surface area contributed by atoms with Crippen LogP contribution in [0.5, 0.6) is 0 Å². The van der Waals surface area contributed by atoms with Gasteiger partial charge in [0.2, 0.25) is 0 Å². The number of aliphatic hydroxyl groups excluding tert-OH is 1. The predicted octanol–water partition coefficient (Wildman–Crippen LogP) is 2.81. The van der Waals surface area contributed by atoms with Crippen molar-refractivity contribution in [1.82, 2.24) is 10.2 Å². The Morgan fingerprint density at radius 2 is 1.76 bits per heavy atom. The Morgan fingerprint density at radius 1 is 1.20 bits per heavy atom. The van der Waals surface area contributed by atoms with Crippen LogP contribution in [-0.4, -0.2) is 46.8 Å². The quantitative estimate of drug-likeness (QED) is 0.689. The molecule has 0 aromatic heterocycles. The lowest BCUT2D eigenvalue weighted by molar-refractivity contribution is 0.0938. The number of rotatable bonds is 7. The molecule has 0 saturated carbocycles. The van der Waals surface area contributed by atoms with E-state index in [1.54, 1.807) is 4.90 Å². The zero-order chi connectivity index (χ0) is 18.3. The smallest absolute Gasteiger partial charge is 0.317 e. The fourth-order valence-corrected chi connectivity index (χ4v) is 2.46. The third-order valence-corrected chi connectivity index (χ3v) is 3.57. The first-order valence-electron chi connectivity index (χ1n) is 8.63. The number of benzene rings is 1. The van der Waals surface area contributed by atoms with Gasteiger partial charge >= 0.3 is 6.03 Å². The maximum absolute atomic E-state index is 12.5. The van der Waals surface area contributed by atoms with Crippen LogP contribution in [-0.2, 0) is 6.42 Å². The summed E-state index contributed by atoms with van der Waals surface area (Å²) in [5, 5.41) is 13.4. The zero-order valence-electron chi connectivity index (χ0n) is 16.0. The number of aliphatic hydroxyl groups is 1. The van der Waals surface area contributed by atoms with Crippen LogP contribution >= 0.6 is 12.4 Å². The van der Waals surface area contributed by atoms with Crippen molar-refractivity contribution in [1.29, 1.82) is 0 Å². The highest BCUT2D eigenvalue weighted by Crippen LogP contribution is 2.09. The van der Waals surface area contributed by atoms with Gasteiger partial charge in [0.1, 0.15) is 0 Å². The van der Waals surface area contributed by atoms with Crippen LogP contribution in [0.15, 0.2) is 30.3 Å². The Kier molecular flexibility index (Phi) is 10.1. The van der Waals surface area contributed by atoms with E-state index in [1.807, 2.05) is 65.0 Å².